The number of hydrogen-bond donors (Lipinski definition) is 2. The minimum absolute atomic E-state index is 0.0246. The smallest absolute Gasteiger partial charge is 0.269 e. The summed E-state index contributed by atoms with van der Waals surface area (Å²) < 4.78 is 0. The molecule has 0 aliphatic carbocycles. The maximum absolute atomic E-state index is 12.1. The summed E-state index contributed by atoms with van der Waals surface area (Å²) in [5.74, 6) is -0.816. The van der Waals surface area contributed by atoms with Crippen molar-refractivity contribution in [1.29, 1.82) is 0 Å². The van der Waals surface area contributed by atoms with Crippen LogP contribution in [0.3, 0.4) is 0 Å². The van der Waals surface area contributed by atoms with Crippen LogP contribution in [0.1, 0.15) is 37.0 Å². The van der Waals surface area contributed by atoms with Crippen LogP contribution >= 0.6 is 0 Å². The van der Waals surface area contributed by atoms with Gasteiger partial charge in [-0.05, 0) is 44.5 Å². The Morgan fingerprint density at radius 2 is 1.79 bits per heavy atom. The molecule has 2 rings (SSSR count). The molecule has 0 radical (unpaired) electrons. The van der Waals surface area contributed by atoms with Crippen molar-refractivity contribution < 1.29 is 14.4 Å². The third-order valence-corrected chi connectivity index (χ3v) is 4.08. The predicted molar refractivity (Wildman–Crippen MR) is 91.4 cm³/mol. The van der Waals surface area contributed by atoms with Gasteiger partial charge in [0.15, 0.2) is 0 Å². The SMILES string of the molecule is CCN(CC)c1ccc(C(=O)NNC(=O)CN2CCCC2=O)cc1. The zero-order chi connectivity index (χ0) is 17.5. The largest absolute Gasteiger partial charge is 0.372 e. The summed E-state index contributed by atoms with van der Waals surface area (Å²) in [5.41, 5.74) is 6.23. The molecule has 1 saturated heterocycles. The van der Waals surface area contributed by atoms with Gasteiger partial charge < -0.3 is 9.80 Å². The highest BCUT2D eigenvalue weighted by molar-refractivity contribution is 5.96. The van der Waals surface area contributed by atoms with Gasteiger partial charge in [-0.2, -0.15) is 0 Å². The standard InChI is InChI=1S/C17H24N4O3/c1-3-20(4-2)14-9-7-13(8-10-14)17(24)19-18-15(22)12-21-11-5-6-16(21)23/h7-10H,3-6,11-12H2,1-2H3,(H,18,22)(H,19,24). The van der Waals surface area contributed by atoms with Crippen molar-refractivity contribution in [1.82, 2.24) is 15.8 Å². The van der Waals surface area contributed by atoms with Crippen molar-refractivity contribution in [3.05, 3.63) is 29.8 Å². The van der Waals surface area contributed by atoms with Crippen molar-refractivity contribution in [2.75, 3.05) is 31.1 Å². The fraction of sp³-hybridized carbons (Fsp3) is 0.471. The molecule has 0 bridgehead atoms. The van der Waals surface area contributed by atoms with E-state index < -0.39 is 5.91 Å². The van der Waals surface area contributed by atoms with E-state index >= 15 is 0 Å². The Morgan fingerprint density at radius 1 is 1.12 bits per heavy atom. The van der Waals surface area contributed by atoms with E-state index in [0.717, 1.165) is 25.2 Å². The summed E-state index contributed by atoms with van der Waals surface area (Å²) in [7, 11) is 0. The molecule has 0 aromatic heterocycles. The Morgan fingerprint density at radius 3 is 2.33 bits per heavy atom. The number of carbonyl (C=O) groups excluding carboxylic acids is 3. The second-order valence-corrected chi connectivity index (χ2v) is 5.64. The van der Waals surface area contributed by atoms with E-state index in [0.29, 0.717) is 18.5 Å². The van der Waals surface area contributed by atoms with Gasteiger partial charge in [0.1, 0.15) is 6.54 Å². The van der Waals surface area contributed by atoms with Gasteiger partial charge >= 0.3 is 0 Å². The summed E-state index contributed by atoms with van der Waals surface area (Å²) in [4.78, 5) is 39.0. The van der Waals surface area contributed by atoms with E-state index in [1.54, 1.807) is 12.1 Å². The van der Waals surface area contributed by atoms with Crippen molar-refractivity contribution in [3.8, 4) is 0 Å². The number of carbonyl (C=O) groups is 3. The summed E-state index contributed by atoms with van der Waals surface area (Å²) in [5, 5.41) is 0. The first-order chi connectivity index (χ1) is 11.5. The highest BCUT2D eigenvalue weighted by Crippen LogP contribution is 2.14. The van der Waals surface area contributed by atoms with E-state index in [2.05, 4.69) is 29.6 Å². The first kappa shape index (κ1) is 17.8. The summed E-state index contributed by atoms with van der Waals surface area (Å²) in [6.45, 7) is 6.50. The Kier molecular flexibility index (Phi) is 6.17. The zero-order valence-electron chi connectivity index (χ0n) is 14.2. The molecular formula is C17H24N4O3. The lowest BCUT2D eigenvalue weighted by atomic mass is 10.2. The molecule has 1 aliphatic rings. The molecule has 7 heteroatoms. The molecule has 2 N–H and O–H groups in total. The Balaban J connectivity index is 1.83. The number of hydrogen-bond acceptors (Lipinski definition) is 4. The Hall–Kier alpha value is -2.57. The topological polar surface area (TPSA) is 81.8 Å². The van der Waals surface area contributed by atoms with E-state index in [1.807, 2.05) is 12.1 Å². The zero-order valence-corrected chi connectivity index (χ0v) is 14.2. The van der Waals surface area contributed by atoms with E-state index in [-0.39, 0.29) is 18.4 Å². The van der Waals surface area contributed by atoms with Gasteiger partial charge in [-0.3, -0.25) is 25.2 Å². The van der Waals surface area contributed by atoms with Crippen molar-refractivity contribution in [2.24, 2.45) is 0 Å². The minimum atomic E-state index is -0.404. The van der Waals surface area contributed by atoms with Gasteiger partial charge in [0.25, 0.3) is 11.8 Å². The molecule has 130 valence electrons. The van der Waals surface area contributed by atoms with Crippen LogP contribution in [0.4, 0.5) is 5.69 Å². The average Bonchev–Trinajstić information content (AvgIpc) is 2.99. The van der Waals surface area contributed by atoms with Gasteiger partial charge in [0.05, 0.1) is 0 Å². The minimum Gasteiger partial charge on any atom is -0.372 e. The molecule has 1 aliphatic heterocycles. The number of benzene rings is 1. The number of amides is 3. The van der Waals surface area contributed by atoms with Gasteiger partial charge in [-0.25, -0.2) is 0 Å². The molecule has 0 saturated carbocycles. The Labute approximate surface area is 142 Å². The van der Waals surface area contributed by atoms with Crippen LogP contribution < -0.4 is 15.8 Å². The van der Waals surface area contributed by atoms with Gasteiger partial charge in [-0.15, -0.1) is 0 Å². The molecule has 0 unspecified atom stereocenters. The average molecular weight is 332 g/mol. The molecular weight excluding hydrogens is 308 g/mol. The molecule has 24 heavy (non-hydrogen) atoms. The monoisotopic (exact) mass is 332 g/mol. The molecule has 0 spiro atoms. The molecule has 1 aromatic carbocycles. The summed E-state index contributed by atoms with van der Waals surface area (Å²) in [6.07, 6.45) is 1.26. The Bertz CT molecular complexity index is 596. The fourth-order valence-corrected chi connectivity index (χ4v) is 2.70. The van der Waals surface area contributed by atoms with Gasteiger partial charge in [-0.1, -0.05) is 0 Å². The number of hydrazine groups is 1. The second-order valence-electron chi connectivity index (χ2n) is 5.64. The van der Waals surface area contributed by atoms with E-state index in [1.165, 1.54) is 4.90 Å². The molecule has 1 heterocycles. The lowest BCUT2D eigenvalue weighted by Crippen LogP contribution is -2.46. The van der Waals surface area contributed by atoms with E-state index in [4.69, 9.17) is 0 Å². The third kappa shape index (κ3) is 4.47. The summed E-state index contributed by atoms with van der Waals surface area (Å²) in [6, 6.07) is 7.21. The van der Waals surface area contributed by atoms with Gasteiger partial charge in [0.2, 0.25) is 5.91 Å². The van der Waals surface area contributed by atoms with Crippen molar-refractivity contribution >= 4 is 23.4 Å². The van der Waals surface area contributed by atoms with Crippen LogP contribution in [-0.4, -0.2) is 48.8 Å². The van der Waals surface area contributed by atoms with Crippen molar-refractivity contribution in [2.45, 2.75) is 26.7 Å². The normalized spacial score (nSPS) is 13.8. The first-order valence-corrected chi connectivity index (χ1v) is 8.27. The fourth-order valence-electron chi connectivity index (χ4n) is 2.70. The highest BCUT2D eigenvalue weighted by Gasteiger charge is 2.22. The highest BCUT2D eigenvalue weighted by atomic mass is 16.2. The van der Waals surface area contributed by atoms with Crippen LogP contribution in [-0.2, 0) is 9.59 Å². The summed E-state index contributed by atoms with van der Waals surface area (Å²) >= 11 is 0. The third-order valence-electron chi connectivity index (χ3n) is 4.08. The maximum atomic E-state index is 12.1. The van der Waals surface area contributed by atoms with Crippen LogP contribution in [0, 0.1) is 0 Å². The van der Waals surface area contributed by atoms with Crippen molar-refractivity contribution in [3.63, 3.8) is 0 Å². The van der Waals surface area contributed by atoms with Crippen LogP contribution in [0.25, 0.3) is 0 Å². The predicted octanol–water partition coefficient (Wildman–Crippen LogP) is 0.916. The second kappa shape index (κ2) is 8.33. The number of rotatable bonds is 6. The quantitative estimate of drug-likeness (QED) is 0.759. The van der Waals surface area contributed by atoms with Gasteiger partial charge in [0, 0.05) is 37.3 Å². The van der Waals surface area contributed by atoms with Crippen LogP contribution in [0.5, 0.6) is 0 Å². The number of anilines is 1. The maximum Gasteiger partial charge on any atom is 0.269 e. The van der Waals surface area contributed by atoms with Crippen LogP contribution in [0.2, 0.25) is 0 Å². The number of nitrogens with zero attached hydrogens (tertiary/aromatic N) is 2. The molecule has 0 atom stereocenters. The number of likely N-dealkylation sites (tertiary alicyclic amines) is 1. The molecule has 3 amide bonds. The first-order valence-electron chi connectivity index (χ1n) is 8.27. The number of nitrogens with one attached hydrogen (secondary N) is 2. The molecule has 1 aromatic rings. The van der Waals surface area contributed by atoms with Crippen LogP contribution in [0.15, 0.2) is 24.3 Å². The van der Waals surface area contributed by atoms with E-state index in [9.17, 15) is 14.4 Å². The lowest BCUT2D eigenvalue weighted by Gasteiger charge is -2.21. The molecule has 1 fully saturated rings. The molecule has 7 nitrogen and oxygen atoms in total. The lowest BCUT2D eigenvalue weighted by molar-refractivity contribution is -0.133.